The van der Waals surface area contributed by atoms with Gasteiger partial charge in [0.2, 0.25) is 0 Å². The second-order valence-corrected chi connectivity index (χ2v) is 11.6. The predicted octanol–water partition coefficient (Wildman–Crippen LogP) is 1.05. The first-order valence-electron chi connectivity index (χ1n) is 12.2. The third-order valence-electron chi connectivity index (χ3n) is 8.96. The second kappa shape index (κ2) is 7.29. The molecule has 0 aromatic heterocycles. The Morgan fingerprint density at radius 3 is 2.44 bits per heavy atom. The highest BCUT2D eigenvalue weighted by atomic mass is 16.6. The molecule has 4 aliphatic heterocycles. The van der Waals surface area contributed by atoms with Crippen molar-refractivity contribution >= 4 is 23.8 Å². The van der Waals surface area contributed by atoms with Crippen LogP contribution in [0.1, 0.15) is 44.0 Å². The molecule has 1 saturated carbocycles. The lowest BCUT2D eigenvalue weighted by atomic mass is 9.52. The predicted molar refractivity (Wildman–Crippen MR) is 120 cm³/mol. The van der Waals surface area contributed by atoms with Crippen LogP contribution in [-0.4, -0.2) is 77.6 Å². The number of ether oxygens (including phenoxy) is 4. The maximum absolute atomic E-state index is 14.1. The molecule has 10 heteroatoms. The largest absolute Gasteiger partial charge is 0.461 e. The van der Waals surface area contributed by atoms with E-state index in [-0.39, 0.29) is 30.9 Å². The van der Waals surface area contributed by atoms with Crippen molar-refractivity contribution in [3.8, 4) is 0 Å². The number of nitrogens with zero attached hydrogens (tertiary/aromatic N) is 1. The Labute approximate surface area is 207 Å². The molecule has 6 atom stereocenters. The zero-order valence-corrected chi connectivity index (χ0v) is 20.4. The van der Waals surface area contributed by atoms with Crippen LogP contribution in [0.4, 0.5) is 0 Å². The zero-order valence-electron chi connectivity index (χ0n) is 20.4. The Hall–Kier alpha value is -2.98. The number of amides is 1. The summed E-state index contributed by atoms with van der Waals surface area (Å²) in [5, 5.41) is 12.5. The van der Waals surface area contributed by atoms with E-state index in [0.29, 0.717) is 13.2 Å². The first-order chi connectivity index (χ1) is 17.0. The van der Waals surface area contributed by atoms with Gasteiger partial charge in [0.1, 0.15) is 16.9 Å². The minimum Gasteiger partial charge on any atom is -0.461 e. The third kappa shape index (κ3) is 2.58. The number of carbonyl (C=O) groups excluding carboxylic acids is 4. The lowest BCUT2D eigenvalue weighted by Gasteiger charge is -2.51. The lowest BCUT2D eigenvalue weighted by molar-refractivity contribution is -0.213. The molecular weight excluding hydrogens is 470 g/mol. The van der Waals surface area contributed by atoms with Crippen molar-refractivity contribution in [1.29, 1.82) is 0 Å². The van der Waals surface area contributed by atoms with Gasteiger partial charge < -0.3 is 29.0 Å². The van der Waals surface area contributed by atoms with Crippen molar-refractivity contribution in [2.75, 3.05) is 19.8 Å². The standard InChI is InChI=1S/C26H29NO9/c1-23(2,3)25(32)9-16-24(10-17(28)34-16)22(31)36-21-26(24,25)18(19(29)27(21)11-14-12-33-13-14)35-20(30)15-7-5-4-6-8-15/h4-8,14,16,18,21,32H,9-13H2,1-3H3/t16-,18-,21-,24-,25+,26+/m0/s1. The van der Waals surface area contributed by atoms with Gasteiger partial charge in [-0.1, -0.05) is 39.0 Å². The second-order valence-electron chi connectivity index (χ2n) is 11.6. The van der Waals surface area contributed by atoms with Crippen LogP contribution in [0.25, 0.3) is 0 Å². The highest BCUT2D eigenvalue weighted by Gasteiger charge is 2.93. The maximum atomic E-state index is 14.1. The average molecular weight is 500 g/mol. The van der Waals surface area contributed by atoms with E-state index in [0.717, 1.165) is 0 Å². The molecule has 1 aromatic rings. The molecule has 1 aromatic carbocycles. The van der Waals surface area contributed by atoms with E-state index in [1.54, 1.807) is 51.1 Å². The van der Waals surface area contributed by atoms with Gasteiger partial charge >= 0.3 is 17.9 Å². The molecule has 5 fully saturated rings. The minimum atomic E-state index is -1.76. The first-order valence-corrected chi connectivity index (χ1v) is 12.2. The Morgan fingerprint density at radius 1 is 1.14 bits per heavy atom. The molecule has 6 rings (SSSR count). The number of benzene rings is 1. The highest BCUT2D eigenvalue weighted by Crippen LogP contribution is 2.76. The Morgan fingerprint density at radius 2 is 1.83 bits per heavy atom. The molecule has 1 aliphatic carbocycles. The Bertz CT molecular complexity index is 1160. The molecule has 4 heterocycles. The van der Waals surface area contributed by atoms with E-state index in [1.807, 2.05) is 0 Å². The SMILES string of the molecule is CC(C)(C)[C@]1(O)C[C@@H]2OC(=O)C[C@@]23C(=O)O[C@@H]2N(CC4COC4)C(=O)[C@H](OC(=O)c4ccccc4)[C@]213. The van der Waals surface area contributed by atoms with Crippen LogP contribution in [0, 0.1) is 22.2 Å². The number of esters is 3. The monoisotopic (exact) mass is 499 g/mol. The molecule has 10 nitrogen and oxygen atoms in total. The van der Waals surface area contributed by atoms with Crippen molar-refractivity contribution in [1.82, 2.24) is 4.90 Å². The number of rotatable bonds is 4. The molecule has 0 unspecified atom stereocenters. The van der Waals surface area contributed by atoms with Crippen molar-refractivity contribution in [2.24, 2.45) is 22.2 Å². The van der Waals surface area contributed by atoms with Crippen molar-refractivity contribution in [3.63, 3.8) is 0 Å². The fraction of sp³-hybridized carbons (Fsp3) is 0.615. The highest BCUT2D eigenvalue weighted by molar-refractivity contribution is 5.99. The average Bonchev–Trinajstić information content (AvgIpc) is 3.39. The van der Waals surface area contributed by atoms with Crippen LogP contribution < -0.4 is 0 Å². The number of hydrogen-bond donors (Lipinski definition) is 1. The molecule has 1 N–H and O–H groups in total. The zero-order chi connectivity index (χ0) is 25.7. The summed E-state index contributed by atoms with van der Waals surface area (Å²) in [6.07, 6.45) is -4.24. The molecule has 4 saturated heterocycles. The number of likely N-dealkylation sites (tertiary alicyclic amines) is 1. The quantitative estimate of drug-likeness (QED) is 0.477. The van der Waals surface area contributed by atoms with Crippen LogP contribution >= 0.6 is 0 Å². The van der Waals surface area contributed by atoms with Crippen LogP contribution in [0.5, 0.6) is 0 Å². The smallest absolute Gasteiger partial charge is 0.338 e. The van der Waals surface area contributed by atoms with Crippen LogP contribution in [0.3, 0.4) is 0 Å². The summed E-state index contributed by atoms with van der Waals surface area (Å²) in [7, 11) is 0. The van der Waals surface area contributed by atoms with Crippen molar-refractivity contribution in [2.45, 2.75) is 57.6 Å². The summed E-state index contributed by atoms with van der Waals surface area (Å²) < 4.78 is 22.7. The van der Waals surface area contributed by atoms with Crippen molar-refractivity contribution in [3.05, 3.63) is 35.9 Å². The summed E-state index contributed by atoms with van der Waals surface area (Å²) in [6, 6.07) is 8.20. The van der Waals surface area contributed by atoms with Crippen LogP contribution in [0.15, 0.2) is 30.3 Å². The van der Waals surface area contributed by atoms with E-state index in [4.69, 9.17) is 18.9 Å². The molecule has 2 spiro atoms. The number of hydrogen-bond acceptors (Lipinski definition) is 9. The first kappa shape index (κ1) is 23.4. The van der Waals surface area contributed by atoms with E-state index >= 15 is 0 Å². The van der Waals surface area contributed by atoms with Gasteiger partial charge in [-0.05, 0) is 17.5 Å². The van der Waals surface area contributed by atoms with Gasteiger partial charge in [-0.2, -0.15) is 0 Å². The van der Waals surface area contributed by atoms with Gasteiger partial charge in [0.05, 0.1) is 30.8 Å². The summed E-state index contributed by atoms with van der Waals surface area (Å²) in [6.45, 7) is 6.45. The summed E-state index contributed by atoms with van der Waals surface area (Å²) >= 11 is 0. The molecule has 36 heavy (non-hydrogen) atoms. The molecular formula is C26H29NO9. The van der Waals surface area contributed by atoms with Crippen molar-refractivity contribution < 1.29 is 43.2 Å². The molecule has 5 aliphatic rings. The van der Waals surface area contributed by atoms with Gasteiger partial charge in [0.15, 0.2) is 12.3 Å². The van der Waals surface area contributed by atoms with E-state index in [1.165, 1.54) is 4.90 Å². The topological polar surface area (TPSA) is 129 Å². The lowest BCUT2D eigenvalue weighted by Crippen LogP contribution is -2.66. The third-order valence-corrected chi connectivity index (χ3v) is 8.96. The normalized spacial score (nSPS) is 39.3. The summed E-state index contributed by atoms with van der Waals surface area (Å²) in [5.74, 6) is -2.65. The van der Waals surface area contributed by atoms with Gasteiger partial charge in [-0.15, -0.1) is 0 Å². The fourth-order valence-electron chi connectivity index (χ4n) is 7.20. The summed E-state index contributed by atoms with van der Waals surface area (Å²) in [4.78, 5) is 55.0. The molecule has 192 valence electrons. The van der Waals surface area contributed by atoms with E-state index < -0.39 is 64.1 Å². The number of aliphatic hydroxyl groups is 1. The van der Waals surface area contributed by atoms with Crippen LogP contribution in [0.2, 0.25) is 0 Å². The van der Waals surface area contributed by atoms with Gasteiger partial charge in [0.25, 0.3) is 5.91 Å². The Kier molecular flexibility index (Phi) is 4.74. The molecule has 1 amide bonds. The molecule has 0 bridgehead atoms. The summed E-state index contributed by atoms with van der Waals surface area (Å²) in [5.41, 5.74) is -5.87. The minimum absolute atomic E-state index is 0.00576. The number of carbonyl (C=O) groups is 4. The molecule has 0 radical (unpaired) electrons. The van der Waals surface area contributed by atoms with Crippen LogP contribution in [-0.2, 0) is 33.3 Å². The fourth-order valence-corrected chi connectivity index (χ4v) is 7.20. The van der Waals surface area contributed by atoms with Gasteiger partial charge in [-0.25, -0.2) is 4.79 Å². The van der Waals surface area contributed by atoms with Gasteiger partial charge in [-0.3, -0.25) is 14.4 Å². The Balaban J connectivity index is 1.55. The van der Waals surface area contributed by atoms with E-state index in [9.17, 15) is 24.3 Å². The van der Waals surface area contributed by atoms with Gasteiger partial charge in [0, 0.05) is 18.9 Å². The maximum Gasteiger partial charge on any atom is 0.338 e. The van der Waals surface area contributed by atoms with E-state index in [2.05, 4.69) is 0 Å².